The molecule has 40 heavy (non-hydrogen) atoms. The number of para-hydroxylation sites is 1. The number of anilines is 1. The van der Waals surface area contributed by atoms with Crippen LogP contribution in [0.1, 0.15) is 32.1 Å². The standard InChI is InChI=1S/C28H31F3N4O5/c1-38-23-16-20-22(17-24(23)39-14-6-12-34-10-4-5-11-34)33-21-8-3-2-7-19(21)26(20)32-18-9-13-35(25(36)15-18)40-27(37)28(29,30)31/h2-3,7-8,16-18H,4-6,9-15H2,1H3,(H,32,33). The first-order valence-corrected chi connectivity index (χ1v) is 13.3. The topological polar surface area (TPSA) is 93.2 Å². The van der Waals surface area contributed by atoms with Gasteiger partial charge in [0.15, 0.2) is 11.5 Å². The van der Waals surface area contributed by atoms with Gasteiger partial charge in [0.2, 0.25) is 0 Å². The van der Waals surface area contributed by atoms with Crippen LogP contribution in [0.3, 0.4) is 0 Å². The fourth-order valence-electron chi connectivity index (χ4n) is 5.19. The van der Waals surface area contributed by atoms with E-state index in [1.54, 1.807) is 7.11 Å². The highest BCUT2D eigenvalue weighted by atomic mass is 19.4. The molecular formula is C28H31F3N4O5. The molecule has 0 radical (unpaired) electrons. The molecule has 0 saturated carbocycles. The highest BCUT2D eigenvalue weighted by Crippen LogP contribution is 2.39. The molecule has 2 aliphatic heterocycles. The number of rotatable bonds is 9. The van der Waals surface area contributed by atoms with E-state index in [0.717, 1.165) is 48.0 Å². The highest BCUT2D eigenvalue weighted by molar-refractivity contribution is 6.08. The molecule has 1 amide bonds. The molecule has 3 heterocycles. The first-order chi connectivity index (χ1) is 19.2. The summed E-state index contributed by atoms with van der Waals surface area (Å²) in [6.45, 7) is 3.62. The van der Waals surface area contributed by atoms with Gasteiger partial charge in [-0.05, 0) is 50.9 Å². The number of halogens is 3. The molecule has 0 bridgehead atoms. The largest absolute Gasteiger partial charge is 0.493 e. The number of benzene rings is 2. The number of amides is 1. The third-order valence-electron chi connectivity index (χ3n) is 7.19. The Bertz CT molecular complexity index is 1390. The Morgan fingerprint density at radius 3 is 2.58 bits per heavy atom. The van der Waals surface area contributed by atoms with Crippen LogP contribution < -0.4 is 14.8 Å². The zero-order chi connectivity index (χ0) is 28.3. The van der Waals surface area contributed by atoms with Crippen LogP contribution in [0.25, 0.3) is 21.8 Å². The Hall–Kier alpha value is -3.80. The number of hydrogen-bond donors (Lipinski definition) is 1. The molecule has 1 aromatic heterocycles. The molecule has 214 valence electrons. The van der Waals surface area contributed by atoms with E-state index in [2.05, 4.69) is 15.1 Å². The van der Waals surface area contributed by atoms with Crippen molar-refractivity contribution in [2.24, 2.45) is 0 Å². The molecule has 1 atom stereocenters. The average Bonchev–Trinajstić information content (AvgIpc) is 3.45. The van der Waals surface area contributed by atoms with Gasteiger partial charge < -0.3 is 24.5 Å². The van der Waals surface area contributed by atoms with E-state index in [1.807, 2.05) is 36.4 Å². The predicted molar refractivity (Wildman–Crippen MR) is 142 cm³/mol. The quantitative estimate of drug-likeness (QED) is 0.298. The van der Waals surface area contributed by atoms with Crippen molar-refractivity contribution < 1.29 is 37.1 Å². The molecule has 2 fully saturated rings. The maximum absolute atomic E-state index is 12.6. The first-order valence-electron chi connectivity index (χ1n) is 13.3. The van der Waals surface area contributed by atoms with Crippen molar-refractivity contribution in [1.29, 1.82) is 0 Å². The van der Waals surface area contributed by atoms with Crippen molar-refractivity contribution in [3.05, 3.63) is 36.4 Å². The number of piperidine rings is 1. The number of nitrogens with one attached hydrogen (secondary N) is 1. The molecule has 2 aromatic carbocycles. The van der Waals surface area contributed by atoms with Crippen molar-refractivity contribution >= 4 is 39.4 Å². The summed E-state index contributed by atoms with van der Waals surface area (Å²) in [5, 5.41) is 5.45. The van der Waals surface area contributed by atoms with Gasteiger partial charge in [0.1, 0.15) is 0 Å². The Labute approximate surface area is 229 Å². The van der Waals surface area contributed by atoms with Crippen molar-refractivity contribution in [2.45, 2.75) is 44.3 Å². The van der Waals surface area contributed by atoms with Crippen LogP contribution in [0.15, 0.2) is 36.4 Å². The fourth-order valence-corrected chi connectivity index (χ4v) is 5.19. The normalized spacial score (nSPS) is 18.4. The second kappa shape index (κ2) is 11.7. The van der Waals surface area contributed by atoms with Gasteiger partial charge in [-0.25, -0.2) is 9.78 Å². The Morgan fingerprint density at radius 1 is 1.07 bits per heavy atom. The van der Waals surface area contributed by atoms with Crippen molar-refractivity contribution in [3.8, 4) is 11.5 Å². The lowest BCUT2D eigenvalue weighted by Gasteiger charge is -2.31. The Kier molecular flexibility index (Phi) is 8.15. The molecule has 2 saturated heterocycles. The molecule has 0 aliphatic carbocycles. The summed E-state index contributed by atoms with van der Waals surface area (Å²) in [4.78, 5) is 35.2. The number of methoxy groups -OCH3 is 1. The van der Waals surface area contributed by atoms with E-state index in [1.165, 1.54) is 12.8 Å². The first kappa shape index (κ1) is 27.8. The summed E-state index contributed by atoms with van der Waals surface area (Å²) < 4.78 is 49.5. The third kappa shape index (κ3) is 6.16. The fraction of sp³-hybridized carbons (Fsp3) is 0.464. The average molecular weight is 561 g/mol. The number of hydrogen-bond acceptors (Lipinski definition) is 8. The zero-order valence-corrected chi connectivity index (χ0v) is 22.1. The van der Waals surface area contributed by atoms with E-state index in [-0.39, 0.29) is 19.4 Å². The third-order valence-corrected chi connectivity index (χ3v) is 7.19. The van der Waals surface area contributed by atoms with Crippen molar-refractivity contribution in [2.75, 3.05) is 45.2 Å². The lowest BCUT2D eigenvalue weighted by Crippen LogP contribution is -2.46. The molecular weight excluding hydrogens is 529 g/mol. The van der Waals surface area contributed by atoms with E-state index in [9.17, 15) is 22.8 Å². The molecule has 9 nitrogen and oxygen atoms in total. The van der Waals surface area contributed by atoms with Crippen LogP contribution in [0, 0.1) is 0 Å². The molecule has 1 unspecified atom stereocenters. The molecule has 0 spiro atoms. The summed E-state index contributed by atoms with van der Waals surface area (Å²) >= 11 is 0. The minimum atomic E-state index is -5.18. The number of alkyl halides is 3. The smallest absolute Gasteiger partial charge is 0.493 e. The van der Waals surface area contributed by atoms with E-state index in [0.29, 0.717) is 28.7 Å². The number of ether oxygens (including phenoxy) is 2. The SMILES string of the molecule is COc1cc2c(NC3CCN(OC(=O)C(F)(F)F)C(=O)C3)c3ccccc3nc2cc1OCCCN1CCCC1. The Morgan fingerprint density at radius 2 is 1.85 bits per heavy atom. The zero-order valence-electron chi connectivity index (χ0n) is 22.1. The van der Waals surface area contributed by atoms with Gasteiger partial charge in [-0.2, -0.15) is 18.2 Å². The number of nitrogens with zero attached hydrogens (tertiary/aromatic N) is 3. The van der Waals surface area contributed by atoms with Crippen molar-refractivity contribution in [3.63, 3.8) is 0 Å². The maximum atomic E-state index is 12.6. The highest BCUT2D eigenvalue weighted by Gasteiger charge is 2.44. The van der Waals surface area contributed by atoms with E-state index in [4.69, 9.17) is 14.5 Å². The molecule has 3 aromatic rings. The Balaban J connectivity index is 1.36. The summed E-state index contributed by atoms with van der Waals surface area (Å²) in [5.41, 5.74) is 2.11. The van der Waals surface area contributed by atoms with Gasteiger partial charge in [-0.15, -0.1) is 0 Å². The van der Waals surface area contributed by atoms with Gasteiger partial charge in [-0.3, -0.25) is 4.79 Å². The van der Waals surface area contributed by atoms with Crippen LogP contribution in [-0.2, 0) is 14.4 Å². The molecule has 1 N–H and O–H groups in total. The number of pyridine rings is 1. The number of aromatic nitrogens is 1. The van der Waals surface area contributed by atoms with E-state index >= 15 is 0 Å². The minimum Gasteiger partial charge on any atom is -0.493 e. The van der Waals surface area contributed by atoms with Gasteiger partial charge >= 0.3 is 12.1 Å². The summed E-state index contributed by atoms with van der Waals surface area (Å²) in [6.07, 6.45) is -1.69. The molecule has 12 heteroatoms. The number of carbonyl (C=O) groups is 2. The molecule has 2 aliphatic rings. The van der Waals surface area contributed by atoms with Gasteiger partial charge in [0, 0.05) is 35.8 Å². The second-order valence-electron chi connectivity index (χ2n) is 9.98. The van der Waals surface area contributed by atoms with Crippen LogP contribution in [0.4, 0.5) is 18.9 Å². The number of hydroxylamine groups is 2. The van der Waals surface area contributed by atoms with Gasteiger partial charge in [0.25, 0.3) is 5.91 Å². The van der Waals surface area contributed by atoms with Crippen molar-refractivity contribution in [1.82, 2.24) is 14.9 Å². The lowest BCUT2D eigenvalue weighted by molar-refractivity contribution is -0.239. The van der Waals surface area contributed by atoms with Gasteiger partial charge in [0.05, 0.1) is 37.0 Å². The second-order valence-corrected chi connectivity index (χ2v) is 9.98. The predicted octanol–water partition coefficient (Wildman–Crippen LogP) is 4.68. The maximum Gasteiger partial charge on any atom is 0.493 e. The summed E-state index contributed by atoms with van der Waals surface area (Å²) in [6, 6.07) is 10.8. The number of fused-ring (bicyclic) bond motifs is 2. The van der Waals surface area contributed by atoms with Crippen LogP contribution in [0.5, 0.6) is 11.5 Å². The van der Waals surface area contributed by atoms with Crippen LogP contribution >= 0.6 is 0 Å². The minimum absolute atomic E-state index is 0.154. The lowest BCUT2D eigenvalue weighted by atomic mass is 10.0. The molecule has 5 rings (SSSR count). The van der Waals surface area contributed by atoms with E-state index < -0.39 is 24.1 Å². The number of likely N-dealkylation sites (tertiary alicyclic amines) is 1. The summed E-state index contributed by atoms with van der Waals surface area (Å²) in [7, 11) is 1.57. The van der Waals surface area contributed by atoms with Crippen LogP contribution in [0.2, 0.25) is 0 Å². The number of carbonyl (C=O) groups excluding carboxylic acids is 2. The van der Waals surface area contributed by atoms with Gasteiger partial charge in [-0.1, -0.05) is 18.2 Å². The van der Waals surface area contributed by atoms with Crippen LogP contribution in [-0.4, -0.2) is 78.9 Å². The monoisotopic (exact) mass is 560 g/mol. The summed E-state index contributed by atoms with van der Waals surface area (Å²) in [5.74, 6) is -2.01.